The lowest BCUT2D eigenvalue weighted by Gasteiger charge is -2.31. The van der Waals surface area contributed by atoms with Gasteiger partial charge in [0.05, 0.1) is 34.1 Å². The van der Waals surface area contributed by atoms with Gasteiger partial charge in [-0.2, -0.15) is 39.5 Å². The number of alkyl halides is 10. The van der Waals surface area contributed by atoms with Crippen LogP contribution in [0.5, 0.6) is 0 Å². The minimum atomic E-state index is -6.66. The molecule has 0 heterocycles. The van der Waals surface area contributed by atoms with Gasteiger partial charge in [0.15, 0.2) is 0 Å². The molecule has 1 N–H and O–H groups in total. The number of hydrogen-bond acceptors (Lipinski definition) is 2. The van der Waals surface area contributed by atoms with Crippen molar-refractivity contribution in [2.24, 2.45) is 0 Å². The molecular formula is C24H12F11IN2O2. The number of nitrogens with one attached hydrogen (secondary N) is 1. The van der Waals surface area contributed by atoms with E-state index in [-0.39, 0.29) is 32.1 Å². The summed E-state index contributed by atoms with van der Waals surface area (Å²) < 4.78 is 148. The molecule has 3 aromatic rings. The minimum Gasteiger partial charge on any atom is -0.322 e. The van der Waals surface area contributed by atoms with Crippen LogP contribution in [0.4, 0.5) is 59.7 Å². The molecule has 0 saturated heterocycles. The van der Waals surface area contributed by atoms with E-state index in [4.69, 9.17) is 0 Å². The van der Waals surface area contributed by atoms with Crippen molar-refractivity contribution in [2.75, 3.05) is 8.43 Å². The second kappa shape index (κ2) is 10.9. The molecule has 0 bridgehead atoms. The van der Waals surface area contributed by atoms with Crippen LogP contribution in [0.15, 0.2) is 66.7 Å². The monoisotopic (exact) mass is 696 g/mol. The Morgan fingerprint density at radius 3 is 1.85 bits per heavy atom. The quantitative estimate of drug-likeness (QED) is 0.166. The molecule has 0 radical (unpaired) electrons. The molecule has 0 unspecified atom stereocenters. The number of carbonyl (C=O) groups is 2. The van der Waals surface area contributed by atoms with Gasteiger partial charge in [-0.3, -0.25) is 9.59 Å². The van der Waals surface area contributed by atoms with Crippen LogP contribution in [0.3, 0.4) is 0 Å². The lowest BCUT2D eigenvalue weighted by molar-refractivity contribution is -0.348. The topological polar surface area (TPSA) is 49.4 Å². The molecule has 3 aromatic carbocycles. The van der Waals surface area contributed by atoms with Gasteiger partial charge in [0.1, 0.15) is 5.82 Å². The average Bonchev–Trinajstić information content (AvgIpc) is 2.85. The highest BCUT2D eigenvalue weighted by Crippen LogP contribution is 2.54. The van der Waals surface area contributed by atoms with Gasteiger partial charge in [0.25, 0.3) is 11.8 Å². The van der Waals surface area contributed by atoms with Gasteiger partial charge in [-0.1, -0.05) is 18.2 Å². The van der Waals surface area contributed by atoms with Crippen LogP contribution in [0, 0.1) is 5.82 Å². The average molecular weight is 696 g/mol. The number of anilines is 2. The molecule has 0 spiro atoms. The predicted octanol–water partition coefficient (Wildman–Crippen LogP) is 8.38. The second-order valence-electron chi connectivity index (χ2n) is 8.01. The highest BCUT2D eigenvalue weighted by Gasteiger charge is 2.73. The zero-order chi connectivity index (χ0) is 30.3. The first-order valence-electron chi connectivity index (χ1n) is 10.5. The fourth-order valence-electron chi connectivity index (χ4n) is 3.42. The largest absolute Gasteiger partial charge is 0.435 e. The Kier molecular flexibility index (Phi) is 8.44. The number of halogens is 12. The van der Waals surface area contributed by atoms with E-state index in [0.29, 0.717) is 0 Å². The van der Waals surface area contributed by atoms with E-state index in [1.54, 1.807) is 0 Å². The van der Waals surface area contributed by atoms with Crippen LogP contribution in [0.2, 0.25) is 0 Å². The third-order valence-corrected chi connectivity index (χ3v) is 6.28. The summed E-state index contributed by atoms with van der Waals surface area (Å²) in [6.45, 7) is 0. The molecular weight excluding hydrogens is 684 g/mol. The van der Waals surface area contributed by atoms with Crippen molar-refractivity contribution in [3.05, 3.63) is 94.8 Å². The van der Waals surface area contributed by atoms with Crippen LogP contribution < -0.4 is 8.43 Å². The first-order chi connectivity index (χ1) is 18.3. The van der Waals surface area contributed by atoms with Crippen LogP contribution in [0.25, 0.3) is 0 Å². The van der Waals surface area contributed by atoms with E-state index in [2.05, 4.69) is 5.32 Å². The summed E-state index contributed by atoms with van der Waals surface area (Å²) in [5, 5.41) is 2.33. The number of nitrogens with zero attached hydrogens (tertiary/aromatic N) is 1. The molecule has 40 heavy (non-hydrogen) atoms. The highest BCUT2D eigenvalue weighted by molar-refractivity contribution is 14.1. The summed E-state index contributed by atoms with van der Waals surface area (Å²) in [5.74, 6) is -2.77. The number of amides is 2. The Bertz CT molecular complexity index is 1420. The number of carbonyl (C=O) groups excluding carboxylic acids is 2. The zero-order valence-electron chi connectivity index (χ0n) is 19.2. The van der Waals surface area contributed by atoms with Crippen molar-refractivity contribution in [3.8, 4) is 0 Å². The Morgan fingerprint density at radius 1 is 0.725 bits per heavy atom. The molecule has 214 valence electrons. The van der Waals surface area contributed by atoms with Gasteiger partial charge in [-0.25, -0.2) is 11.9 Å². The van der Waals surface area contributed by atoms with Gasteiger partial charge < -0.3 is 5.32 Å². The number of hydrogen-bond donors (Lipinski definition) is 1. The third kappa shape index (κ3) is 6.15. The number of benzene rings is 3. The van der Waals surface area contributed by atoms with Gasteiger partial charge in [-0.15, -0.1) is 0 Å². The van der Waals surface area contributed by atoms with Crippen LogP contribution >= 0.6 is 22.9 Å². The van der Waals surface area contributed by atoms with E-state index in [1.165, 1.54) is 24.3 Å². The minimum absolute atomic E-state index is 0.0612. The summed E-state index contributed by atoms with van der Waals surface area (Å²) in [6.07, 6.45) is -18.9. The Hall–Kier alpha value is -3.44. The molecule has 0 aliphatic heterocycles. The molecule has 16 heteroatoms. The Morgan fingerprint density at radius 2 is 1.30 bits per heavy atom. The molecule has 2 amide bonds. The number of rotatable bonds is 5. The van der Waals surface area contributed by atoms with Crippen molar-refractivity contribution in [2.45, 2.75) is 24.2 Å². The lowest BCUT2D eigenvalue weighted by Crippen LogP contribution is -2.50. The van der Waals surface area contributed by atoms with Gasteiger partial charge in [0.2, 0.25) is 0 Å². The summed E-state index contributed by atoms with van der Waals surface area (Å²) >= 11 is 1.03. The van der Waals surface area contributed by atoms with E-state index >= 15 is 0 Å². The molecule has 0 aliphatic carbocycles. The molecule has 0 saturated carbocycles. The second-order valence-corrected chi connectivity index (χ2v) is 8.98. The normalized spacial score (nSPS) is 12.7. The summed E-state index contributed by atoms with van der Waals surface area (Å²) in [7, 11) is 0. The van der Waals surface area contributed by atoms with Crippen molar-refractivity contribution < 1.29 is 57.9 Å². The van der Waals surface area contributed by atoms with E-state index in [0.717, 1.165) is 47.1 Å². The maximum atomic E-state index is 14.4. The van der Waals surface area contributed by atoms with Crippen molar-refractivity contribution >= 4 is 46.1 Å². The molecule has 0 aromatic heterocycles. The van der Waals surface area contributed by atoms with Crippen molar-refractivity contribution in [1.82, 2.24) is 0 Å². The summed E-state index contributed by atoms with van der Waals surface area (Å²) in [4.78, 5) is 25.3. The van der Waals surface area contributed by atoms with Crippen molar-refractivity contribution in [1.29, 1.82) is 0 Å². The Labute approximate surface area is 231 Å². The zero-order valence-corrected chi connectivity index (χ0v) is 21.3. The summed E-state index contributed by atoms with van der Waals surface area (Å²) in [6, 6.07) is 8.36. The highest BCUT2D eigenvalue weighted by atomic mass is 127. The van der Waals surface area contributed by atoms with E-state index < -0.39 is 64.7 Å². The Balaban J connectivity index is 2.00. The fraction of sp³-hybridized carbons (Fsp3) is 0.167. The van der Waals surface area contributed by atoms with Gasteiger partial charge in [0, 0.05) is 22.4 Å². The van der Waals surface area contributed by atoms with Crippen molar-refractivity contribution in [3.63, 3.8) is 0 Å². The van der Waals surface area contributed by atoms with Crippen LogP contribution in [-0.4, -0.2) is 24.2 Å². The first kappa shape index (κ1) is 31.1. The SMILES string of the molecule is O=C(Nc1cccc(C(=O)N(I)c2ccc(C(F)(C(F)(F)F)C(F)(F)F)cc2C(F)(F)F)c1)c1cccc(F)c1. The molecule has 3 rings (SSSR count). The third-order valence-electron chi connectivity index (χ3n) is 5.32. The van der Waals surface area contributed by atoms with Crippen LogP contribution in [0.1, 0.15) is 31.8 Å². The van der Waals surface area contributed by atoms with E-state index in [1.807, 2.05) is 0 Å². The molecule has 0 aliphatic rings. The van der Waals surface area contributed by atoms with Gasteiger partial charge in [-0.05, 0) is 48.5 Å². The van der Waals surface area contributed by atoms with Crippen LogP contribution in [-0.2, 0) is 11.8 Å². The standard InChI is InChI=1S/C24H12F11IN2O2/c25-15-5-1-3-12(9-15)19(39)37-16-6-2-4-13(10-16)20(40)38(36)18-8-7-14(11-17(18)22(27,28)29)21(26,23(30,31)32)24(33,34)35/h1-11H,(H,37,39). The molecule has 0 fully saturated rings. The van der Waals surface area contributed by atoms with Gasteiger partial charge >= 0.3 is 24.2 Å². The first-order valence-corrected chi connectivity index (χ1v) is 11.4. The summed E-state index contributed by atoms with van der Waals surface area (Å²) in [5.41, 5.74) is -12.4. The maximum absolute atomic E-state index is 14.4. The fourth-order valence-corrected chi connectivity index (χ4v) is 4.12. The smallest absolute Gasteiger partial charge is 0.322 e. The van der Waals surface area contributed by atoms with E-state index in [9.17, 15) is 57.9 Å². The maximum Gasteiger partial charge on any atom is 0.435 e. The molecule has 4 nitrogen and oxygen atoms in total. The lowest BCUT2D eigenvalue weighted by atomic mass is 9.92. The molecule has 0 atom stereocenters. The predicted molar refractivity (Wildman–Crippen MR) is 128 cm³/mol.